The van der Waals surface area contributed by atoms with Gasteiger partial charge in [0.2, 0.25) is 0 Å². The highest BCUT2D eigenvalue weighted by Crippen LogP contribution is 2.35. The Hall–Kier alpha value is -1.65. The first-order valence-corrected chi connectivity index (χ1v) is 8.04. The lowest BCUT2D eigenvalue weighted by atomic mass is 10.1. The van der Waals surface area contributed by atoms with E-state index in [4.69, 9.17) is 23.2 Å². The van der Waals surface area contributed by atoms with Gasteiger partial charge in [-0.2, -0.15) is 13.2 Å². The highest BCUT2D eigenvalue weighted by atomic mass is 35.5. The van der Waals surface area contributed by atoms with Crippen LogP contribution in [0, 0.1) is 13.8 Å². The molecule has 0 saturated heterocycles. The predicted octanol–water partition coefficient (Wildman–Crippen LogP) is 6.63. The Balaban J connectivity index is 2.11. The number of hydrogen-bond acceptors (Lipinski definition) is 0. The summed E-state index contributed by atoms with van der Waals surface area (Å²) in [5, 5.41) is 1.66. The molecule has 0 radical (unpaired) electrons. The van der Waals surface area contributed by atoms with Gasteiger partial charge in [-0.1, -0.05) is 29.3 Å². The van der Waals surface area contributed by atoms with Gasteiger partial charge in [-0.3, -0.25) is 0 Å². The van der Waals surface area contributed by atoms with Crippen molar-refractivity contribution in [3.8, 4) is 0 Å². The van der Waals surface area contributed by atoms with Crippen molar-refractivity contribution in [2.45, 2.75) is 26.6 Å². The molecule has 24 heavy (non-hydrogen) atoms. The van der Waals surface area contributed by atoms with E-state index < -0.39 is 11.7 Å². The van der Waals surface area contributed by atoms with Crippen molar-refractivity contribution >= 4 is 34.1 Å². The smallest absolute Gasteiger partial charge is 0.343 e. The van der Waals surface area contributed by atoms with Gasteiger partial charge in [0.15, 0.2) is 0 Å². The van der Waals surface area contributed by atoms with Crippen LogP contribution in [0.4, 0.5) is 13.2 Å². The SMILES string of the molecule is Cc1ccc(Cl)c(Cn2ccc3cc(C(F)(F)F)cc(C)c32)c1Cl. The summed E-state index contributed by atoms with van der Waals surface area (Å²) in [6, 6.07) is 7.62. The minimum absolute atomic E-state index is 0.398. The molecule has 126 valence electrons. The molecule has 0 atom stereocenters. The Morgan fingerprint density at radius 3 is 2.38 bits per heavy atom. The Morgan fingerprint density at radius 2 is 1.71 bits per heavy atom. The summed E-state index contributed by atoms with van der Waals surface area (Å²) in [4.78, 5) is 0. The molecule has 1 heterocycles. The summed E-state index contributed by atoms with van der Waals surface area (Å²) in [5.74, 6) is 0. The molecule has 0 aliphatic heterocycles. The lowest BCUT2D eigenvalue weighted by molar-refractivity contribution is -0.137. The molecule has 6 heteroatoms. The van der Waals surface area contributed by atoms with E-state index in [1.165, 1.54) is 0 Å². The summed E-state index contributed by atoms with van der Waals surface area (Å²) in [5.41, 5.74) is 2.33. The summed E-state index contributed by atoms with van der Waals surface area (Å²) in [7, 11) is 0. The van der Waals surface area contributed by atoms with Crippen LogP contribution in [0.1, 0.15) is 22.3 Å². The Labute approximate surface area is 147 Å². The number of halogens is 5. The lowest BCUT2D eigenvalue weighted by Crippen LogP contribution is -2.06. The topological polar surface area (TPSA) is 4.93 Å². The van der Waals surface area contributed by atoms with E-state index in [9.17, 15) is 13.2 Å². The molecule has 0 fully saturated rings. The number of aryl methyl sites for hydroxylation is 2. The molecule has 0 amide bonds. The second-order valence-corrected chi connectivity index (χ2v) is 6.61. The van der Waals surface area contributed by atoms with E-state index in [0.717, 1.165) is 28.8 Å². The van der Waals surface area contributed by atoms with Crippen molar-refractivity contribution in [2.24, 2.45) is 0 Å². The standard InChI is InChI=1S/C18H14Cl2F3N/c1-10-3-4-15(19)14(16(10)20)9-24-6-5-12-8-13(18(21,22)23)7-11(2)17(12)24/h3-8H,9H2,1-2H3. The zero-order valence-corrected chi connectivity index (χ0v) is 14.5. The van der Waals surface area contributed by atoms with E-state index in [0.29, 0.717) is 27.5 Å². The summed E-state index contributed by atoms with van der Waals surface area (Å²) < 4.78 is 40.7. The average Bonchev–Trinajstić information content (AvgIpc) is 2.90. The van der Waals surface area contributed by atoms with E-state index in [2.05, 4.69) is 0 Å². The molecular weight excluding hydrogens is 358 g/mol. The van der Waals surface area contributed by atoms with E-state index >= 15 is 0 Å². The van der Waals surface area contributed by atoms with Gasteiger partial charge in [-0.15, -0.1) is 0 Å². The highest BCUT2D eigenvalue weighted by Gasteiger charge is 2.31. The molecule has 0 saturated carbocycles. The number of benzene rings is 2. The van der Waals surface area contributed by atoms with Gasteiger partial charge in [-0.05, 0) is 49.2 Å². The largest absolute Gasteiger partial charge is 0.416 e. The van der Waals surface area contributed by atoms with E-state index in [1.54, 1.807) is 25.3 Å². The summed E-state index contributed by atoms with van der Waals surface area (Å²) in [6.07, 6.45) is -2.60. The van der Waals surface area contributed by atoms with Gasteiger partial charge in [0.1, 0.15) is 0 Å². The molecular formula is C18H14Cl2F3N. The molecule has 0 spiro atoms. The fourth-order valence-electron chi connectivity index (χ4n) is 2.90. The second-order valence-electron chi connectivity index (χ2n) is 5.83. The number of alkyl halides is 3. The maximum absolute atomic E-state index is 13.0. The van der Waals surface area contributed by atoms with Crippen molar-refractivity contribution < 1.29 is 13.2 Å². The predicted molar refractivity (Wildman–Crippen MR) is 92.0 cm³/mol. The molecule has 3 aromatic rings. The van der Waals surface area contributed by atoms with Gasteiger partial charge in [0.05, 0.1) is 17.6 Å². The van der Waals surface area contributed by atoms with Crippen LogP contribution in [-0.2, 0) is 12.7 Å². The number of nitrogens with zero attached hydrogens (tertiary/aromatic N) is 1. The summed E-state index contributed by atoms with van der Waals surface area (Å²) >= 11 is 12.6. The fourth-order valence-corrected chi connectivity index (χ4v) is 3.39. The first-order chi connectivity index (χ1) is 11.2. The van der Waals surface area contributed by atoms with E-state index in [1.807, 2.05) is 17.6 Å². The maximum atomic E-state index is 13.0. The molecule has 0 N–H and O–H groups in total. The number of aromatic nitrogens is 1. The molecule has 0 aliphatic rings. The van der Waals surface area contributed by atoms with Crippen LogP contribution in [0.25, 0.3) is 10.9 Å². The molecule has 3 rings (SSSR count). The van der Waals surface area contributed by atoms with Crippen molar-refractivity contribution in [1.82, 2.24) is 4.57 Å². The first-order valence-electron chi connectivity index (χ1n) is 7.28. The lowest BCUT2D eigenvalue weighted by Gasteiger charge is -2.14. The maximum Gasteiger partial charge on any atom is 0.416 e. The molecule has 1 nitrogen and oxygen atoms in total. The van der Waals surface area contributed by atoms with Crippen LogP contribution < -0.4 is 0 Å². The third-order valence-corrected chi connectivity index (χ3v) is 4.97. The quantitative estimate of drug-likeness (QED) is 0.476. The molecule has 0 bridgehead atoms. The van der Waals surface area contributed by atoms with Gasteiger partial charge in [0.25, 0.3) is 0 Å². The third-order valence-electron chi connectivity index (χ3n) is 4.09. The van der Waals surface area contributed by atoms with Gasteiger partial charge in [-0.25, -0.2) is 0 Å². The van der Waals surface area contributed by atoms with Crippen LogP contribution >= 0.6 is 23.2 Å². The third kappa shape index (κ3) is 3.01. The van der Waals surface area contributed by atoms with Gasteiger partial charge >= 0.3 is 6.18 Å². The summed E-state index contributed by atoms with van der Waals surface area (Å²) in [6.45, 7) is 3.96. The zero-order chi connectivity index (χ0) is 17.6. The second kappa shape index (κ2) is 6.01. The van der Waals surface area contributed by atoms with Gasteiger partial charge in [0, 0.05) is 27.2 Å². The van der Waals surface area contributed by atoms with Crippen molar-refractivity contribution in [3.63, 3.8) is 0 Å². The molecule has 1 aromatic heterocycles. The Morgan fingerprint density at radius 1 is 1.00 bits per heavy atom. The molecule has 0 aliphatic carbocycles. The highest BCUT2D eigenvalue weighted by molar-refractivity contribution is 6.36. The Kier molecular flexibility index (Phi) is 4.30. The van der Waals surface area contributed by atoms with Crippen LogP contribution in [0.3, 0.4) is 0 Å². The van der Waals surface area contributed by atoms with Gasteiger partial charge < -0.3 is 4.57 Å². The van der Waals surface area contributed by atoms with Crippen molar-refractivity contribution in [1.29, 1.82) is 0 Å². The molecule has 0 unspecified atom stereocenters. The number of fused-ring (bicyclic) bond motifs is 1. The minimum atomic E-state index is -4.36. The van der Waals surface area contributed by atoms with Crippen LogP contribution in [0.15, 0.2) is 36.5 Å². The van der Waals surface area contributed by atoms with Crippen molar-refractivity contribution in [3.05, 3.63) is 68.8 Å². The zero-order valence-electron chi connectivity index (χ0n) is 13.0. The fraction of sp³-hybridized carbons (Fsp3) is 0.222. The van der Waals surface area contributed by atoms with E-state index in [-0.39, 0.29) is 0 Å². The first kappa shape index (κ1) is 17.2. The Bertz CT molecular complexity index is 926. The number of hydrogen-bond donors (Lipinski definition) is 0. The van der Waals surface area contributed by atoms with Crippen molar-refractivity contribution in [2.75, 3.05) is 0 Å². The van der Waals surface area contributed by atoms with Crippen LogP contribution in [-0.4, -0.2) is 4.57 Å². The average molecular weight is 372 g/mol. The van der Waals surface area contributed by atoms with Crippen LogP contribution in [0.5, 0.6) is 0 Å². The van der Waals surface area contributed by atoms with Crippen LogP contribution in [0.2, 0.25) is 10.0 Å². The normalized spacial score (nSPS) is 12.1. The number of rotatable bonds is 2. The minimum Gasteiger partial charge on any atom is -0.343 e. The monoisotopic (exact) mass is 371 g/mol. The molecule has 2 aromatic carbocycles.